The van der Waals surface area contributed by atoms with E-state index in [-0.39, 0.29) is 36.5 Å². The third-order valence-corrected chi connectivity index (χ3v) is 5.57. The van der Waals surface area contributed by atoms with E-state index in [0.29, 0.717) is 19.4 Å². The van der Waals surface area contributed by atoms with Crippen LogP contribution in [0.25, 0.3) is 0 Å². The molecule has 0 bridgehead atoms. The van der Waals surface area contributed by atoms with Gasteiger partial charge in [-0.3, -0.25) is 9.59 Å². The molecule has 2 fully saturated rings. The van der Waals surface area contributed by atoms with Crippen LogP contribution in [0.5, 0.6) is 0 Å². The predicted molar refractivity (Wildman–Crippen MR) is 73.4 cm³/mol. The third kappa shape index (κ3) is 3.92. The van der Waals surface area contributed by atoms with Crippen molar-refractivity contribution >= 4 is 21.7 Å². The van der Waals surface area contributed by atoms with Gasteiger partial charge in [0.15, 0.2) is 9.84 Å². The van der Waals surface area contributed by atoms with E-state index in [1.54, 1.807) is 0 Å². The zero-order chi connectivity index (χ0) is 15.6. The minimum absolute atomic E-state index is 0.0201. The van der Waals surface area contributed by atoms with Gasteiger partial charge in [0.05, 0.1) is 30.1 Å². The van der Waals surface area contributed by atoms with Gasteiger partial charge in [-0.05, 0) is 12.8 Å². The van der Waals surface area contributed by atoms with E-state index in [9.17, 15) is 18.0 Å². The maximum atomic E-state index is 12.4. The second kappa shape index (κ2) is 6.29. The highest BCUT2D eigenvalue weighted by Crippen LogP contribution is 2.24. The number of hydrogen-bond donors (Lipinski definition) is 2. The number of ether oxygens (including phenoxy) is 1. The molecule has 3 N–H and O–H groups in total. The summed E-state index contributed by atoms with van der Waals surface area (Å²) in [6, 6.07) is -0.825. The molecule has 1 amide bonds. The van der Waals surface area contributed by atoms with Crippen molar-refractivity contribution in [3.63, 3.8) is 0 Å². The number of nitrogens with two attached hydrogens (primary N) is 1. The van der Waals surface area contributed by atoms with Crippen molar-refractivity contribution in [2.75, 3.05) is 24.6 Å². The number of carbonyl (C=O) groups is 2. The summed E-state index contributed by atoms with van der Waals surface area (Å²) in [5.74, 6) is -1.89. The SMILES string of the molecule is NCC1CCC(C(=O)N2CCS(=O)(=O)CC2CC(=O)O)O1. The average Bonchev–Trinajstić information content (AvgIpc) is 2.85. The topological polar surface area (TPSA) is 127 Å². The molecular weight excluding hydrogens is 300 g/mol. The summed E-state index contributed by atoms with van der Waals surface area (Å²) in [6.45, 7) is 0.350. The largest absolute Gasteiger partial charge is 0.481 e. The Morgan fingerprint density at radius 3 is 2.62 bits per heavy atom. The van der Waals surface area contributed by atoms with Gasteiger partial charge < -0.3 is 20.5 Å². The van der Waals surface area contributed by atoms with Crippen molar-refractivity contribution in [3.8, 4) is 0 Å². The van der Waals surface area contributed by atoms with Crippen molar-refractivity contribution in [2.24, 2.45) is 5.73 Å². The van der Waals surface area contributed by atoms with Gasteiger partial charge in [0.1, 0.15) is 6.10 Å². The van der Waals surface area contributed by atoms with E-state index in [4.69, 9.17) is 15.6 Å². The monoisotopic (exact) mass is 320 g/mol. The van der Waals surface area contributed by atoms with Gasteiger partial charge in [-0.1, -0.05) is 0 Å². The molecule has 3 unspecified atom stereocenters. The molecule has 0 saturated carbocycles. The van der Waals surface area contributed by atoms with Crippen molar-refractivity contribution in [1.82, 2.24) is 4.90 Å². The number of rotatable bonds is 4. The molecule has 21 heavy (non-hydrogen) atoms. The Morgan fingerprint density at radius 1 is 1.33 bits per heavy atom. The van der Waals surface area contributed by atoms with Crippen molar-refractivity contribution in [1.29, 1.82) is 0 Å². The third-order valence-electron chi connectivity index (χ3n) is 3.87. The van der Waals surface area contributed by atoms with E-state index in [1.165, 1.54) is 4.90 Å². The molecule has 0 aromatic heterocycles. The fourth-order valence-corrected chi connectivity index (χ4v) is 4.32. The molecule has 0 radical (unpaired) electrons. The van der Waals surface area contributed by atoms with Gasteiger partial charge in [-0.2, -0.15) is 0 Å². The molecule has 0 spiro atoms. The van der Waals surface area contributed by atoms with Gasteiger partial charge in [-0.15, -0.1) is 0 Å². The molecule has 8 nitrogen and oxygen atoms in total. The smallest absolute Gasteiger partial charge is 0.305 e. The molecule has 0 aromatic rings. The molecule has 2 aliphatic rings. The van der Waals surface area contributed by atoms with E-state index >= 15 is 0 Å². The van der Waals surface area contributed by atoms with E-state index in [1.807, 2.05) is 0 Å². The minimum atomic E-state index is -3.30. The number of carboxylic acids is 1. The van der Waals surface area contributed by atoms with Crippen LogP contribution in [0.4, 0.5) is 0 Å². The van der Waals surface area contributed by atoms with Gasteiger partial charge in [0.2, 0.25) is 0 Å². The summed E-state index contributed by atoms with van der Waals surface area (Å²) < 4.78 is 28.8. The first-order valence-electron chi connectivity index (χ1n) is 6.90. The first kappa shape index (κ1) is 16.2. The zero-order valence-electron chi connectivity index (χ0n) is 11.6. The Balaban J connectivity index is 2.08. The second-order valence-electron chi connectivity index (χ2n) is 5.46. The van der Waals surface area contributed by atoms with Crippen LogP contribution < -0.4 is 5.73 Å². The van der Waals surface area contributed by atoms with E-state index in [2.05, 4.69) is 0 Å². The quantitative estimate of drug-likeness (QED) is 0.651. The lowest BCUT2D eigenvalue weighted by Crippen LogP contribution is -2.54. The highest BCUT2D eigenvalue weighted by molar-refractivity contribution is 7.91. The fourth-order valence-electron chi connectivity index (χ4n) is 2.79. The number of carbonyl (C=O) groups excluding carboxylic acids is 1. The summed E-state index contributed by atoms with van der Waals surface area (Å²) in [7, 11) is -3.30. The average molecular weight is 320 g/mol. The van der Waals surface area contributed by atoms with Gasteiger partial charge >= 0.3 is 5.97 Å². The summed E-state index contributed by atoms with van der Waals surface area (Å²) in [5.41, 5.74) is 5.50. The van der Waals surface area contributed by atoms with E-state index in [0.717, 1.165) is 0 Å². The van der Waals surface area contributed by atoms with Crippen molar-refractivity contribution in [2.45, 2.75) is 37.5 Å². The van der Waals surface area contributed by atoms with Gasteiger partial charge in [0, 0.05) is 13.1 Å². The number of aliphatic carboxylic acids is 1. The van der Waals surface area contributed by atoms with Crippen LogP contribution in [0.1, 0.15) is 19.3 Å². The molecular formula is C12H20N2O6S. The maximum Gasteiger partial charge on any atom is 0.305 e. The Hall–Kier alpha value is -1.19. The molecule has 0 aliphatic carbocycles. The summed E-state index contributed by atoms with van der Waals surface area (Å²) in [6.07, 6.45) is 0.0331. The summed E-state index contributed by atoms with van der Waals surface area (Å²) >= 11 is 0. The number of amides is 1. The number of nitrogens with zero attached hydrogens (tertiary/aromatic N) is 1. The Bertz CT molecular complexity index is 520. The first-order valence-corrected chi connectivity index (χ1v) is 8.73. The highest BCUT2D eigenvalue weighted by atomic mass is 32.2. The van der Waals surface area contributed by atoms with Crippen LogP contribution in [-0.4, -0.2) is 73.1 Å². The minimum Gasteiger partial charge on any atom is -0.481 e. The van der Waals surface area contributed by atoms with Crippen molar-refractivity contribution < 1.29 is 27.9 Å². The van der Waals surface area contributed by atoms with Crippen LogP contribution >= 0.6 is 0 Å². The highest BCUT2D eigenvalue weighted by Gasteiger charge is 2.40. The predicted octanol–water partition coefficient (Wildman–Crippen LogP) is -1.41. The van der Waals surface area contributed by atoms with Crippen LogP contribution in [0, 0.1) is 0 Å². The van der Waals surface area contributed by atoms with Crippen LogP contribution in [0.3, 0.4) is 0 Å². The number of hydrogen-bond acceptors (Lipinski definition) is 6. The molecule has 2 heterocycles. The maximum absolute atomic E-state index is 12.4. The van der Waals surface area contributed by atoms with E-state index < -0.39 is 28.0 Å². The Kier molecular flexibility index (Phi) is 4.84. The normalized spacial score (nSPS) is 32.0. The van der Waals surface area contributed by atoms with Gasteiger partial charge in [-0.25, -0.2) is 8.42 Å². The molecule has 3 atom stereocenters. The standard InChI is InChI=1S/C12H20N2O6S/c13-6-9-1-2-10(20-9)12(17)14-3-4-21(18,19)7-8(14)5-11(15)16/h8-10H,1-7,13H2,(H,15,16). The lowest BCUT2D eigenvalue weighted by atomic mass is 10.1. The molecule has 2 saturated heterocycles. The molecule has 2 aliphatic heterocycles. The number of sulfone groups is 1. The lowest BCUT2D eigenvalue weighted by Gasteiger charge is -2.36. The molecule has 2 rings (SSSR count). The van der Waals surface area contributed by atoms with Crippen molar-refractivity contribution in [3.05, 3.63) is 0 Å². The van der Waals surface area contributed by atoms with Crippen LogP contribution in [0.2, 0.25) is 0 Å². The fraction of sp³-hybridized carbons (Fsp3) is 0.833. The Morgan fingerprint density at radius 2 is 2.05 bits per heavy atom. The molecule has 9 heteroatoms. The summed E-state index contributed by atoms with van der Waals surface area (Å²) in [4.78, 5) is 24.7. The Labute approximate surface area is 123 Å². The molecule has 120 valence electrons. The number of carboxylic acid groups (broad SMARTS) is 1. The zero-order valence-corrected chi connectivity index (χ0v) is 12.4. The van der Waals surface area contributed by atoms with Crippen LogP contribution in [0.15, 0.2) is 0 Å². The van der Waals surface area contributed by atoms with Crippen LogP contribution in [-0.2, 0) is 24.2 Å². The lowest BCUT2D eigenvalue weighted by molar-refractivity contribution is -0.147. The van der Waals surface area contributed by atoms with Gasteiger partial charge in [0.25, 0.3) is 5.91 Å². The molecule has 0 aromatic carbocycles. The second-order valence-corrected chi connectivity index (χ2v) is 7.69. The first-order chi connectivity index (χ1) is 9.82. The summed E-state index contributed by atoms with van der Waals surface area (Å²) in [5, 5.41) is 8.90.